The molecule has 0 bridgehead atoms. The highest BCUT2D eigenvalue weighted by molar-refractivity contribution is 5.73. The first-order valence-electron chi connectivity index (χ1n) is 4.36. The quantitative estimate of drug-likeness (QED) is 0.581. The molecule has 0 aromatic rings. The van der Waals surface area contributed by atoms with Gasteiger partial charge in [0, 0.05) is 6.42 Å². The molecule has 5 nitrogen and oxygen atoms in total. The number of nitrogens with two attached hydrogens (primary N) is 1. The Hall–Kier alpha value is -1.84. The first-order chi connectivity index (χ1) is 7.04. The summed E-state index contributed by atoms with van der Waals surface area (Å²) >= 11 is 0. The lowest BCUT2D eigenvalue weighted by molar-refractivity contribution is -0.138. The Morgan fingerprint density at radius 1 is 1.60 bits per heavy atom. The summed E-state index contributed by atoms with van der Waals surface area (Å²) in [4.78, 5) is 20.9. The van der Waals surface area contributed by atoms with Crippen LogP contribution in [0.15, 0.2) is 29.1 Å². The Kier molecular flexibility index (Phi) is 3.44. The summed E-state index contributed by atoms with van der Waals surface area (Å²) in [5.41, 5.74) is 6.16. The molecule has 5 heteroatoms. The minimum atomic E-state index is -1.09. The van der Waals surface area contributed by atoms with Crippen LogP contribution in [0.25, 0.3) is 0 Å². The van der Waals surface area contributed by atoms with Gasteiger partial charge in [-0.2, -0.15) is 0 Å². The maximum atomic E-state index is 10.5. The van der Waals surface area contributed by atoms with Gasteiger partial charge in [0.2, 0.25) is 0 Å². The van der Waals surface area contributed by atoms with Crippen molar-refractivity contribution in [3.05, 3.63) is 29.1 Å². The van der Waals surface area contributed by atoms with E-state index in [9.17, 15) is 14.7 Å². The lowest BCUT2D eigenvalue weighted by Crippen LogP contribution is -2.30. The predicted octanol–water partition coefficient (Wildman–Crippen LogP) is 0.318. The van der Waals surface area contributed by atoms with Gasteiger partial charge in [-0.05, 0) is 12.5 Å². The fraction of sp³-hybridized carbons (Fsp3) is 0.300. The van der Waals surface area contributed by atoms with Gasteiger partial charge in [0.1, 0.15) is 17.7 Å². The Bertz CT molecular complexity index is 388. The Morgan fingerprint density at radius 3 is 2.80 bits per heavy atom. The van der Waals surface area contributed by atoms with Crippen LogP contribution in [0.4, 0.5) is 0 Å². The molecule has 0 aromatic carbocycles. The molecule has 0 amide bonds. The zero-order valence-corrected chi connectivity index (χ0v) is 7.93. The van der Waals surface area contributed by atoms with Gasteiger partial charge in [0.05, 0.1) is 5.57 Å². The van der Waals surface area contributed by atoms with Crippen molar-refractivity contribution in [1.29, 1.82) is 0 Å². The summed E-state index contributed by atoms with van der Waals surface area (Å²) in [7, 11) is 0. The second-order valence-corrected chi connectivity index (χ2v) is 3.28. The number of aliphatic hydroxyl groups excluding tert-OH is 1. The molecule has 0 aliphatic heterocycles. The summed E-state index contributed by atoms with van der Waals surface area (Å²) in [5.74, 6) is 0.387. The maximum Gasteiger partial charge on any atom is 0.320 e. The Morgan fingerprint density at radius 2 is 2.27 bits per heavy atom. The van der Waals surface area contributed by atoms with E-state index in [2.05, 4.69) is 0 Å². The van der Waals surface area contributed by atoms with Gasteiger partial charge < -0.3 is 15.9 Å². The zero-order valence-electron chi connectivity index (χ0n) is 7.93. The normalized spacial score (nSPS) is 17.5. The van der Waals surface area contributed by atoms with Crippen molar-refractivity contribution in [1.82, 2.24) is 0 Å². The number of carboxylic acids is 1. The average Bonchev–Trinajstić information content (AvgIpc) is 2.20. The molecular weight excluding hydrogens is 198 g/mol. The number of aliphatic carboxylic acids is 1. The molecular formula is C10H11NO4. The first-order valence-corrected chi connectivity index (χ1v) is 4.36. The van der Waals surface area contributed by atoms with Gasteiger partial charge >= 0.3 is 5.97 Å². The van der Waals surface area contributed by atoms with Crippen molar-refractivity contribution in [2.75, 3.05) is 0 Å². The largest absolute Gasteiger partial charge is 0.507 e. The Labute approximate surface area is 86.2 Å². The lowest BCUT2D eigenvalue weighted by atomic mass is 9.94. The highest BCUT2D eigenvalue weighted by Crippen LogP contribution is 2.23. The number of hydrogen-bond acceptors (Lipinski definition) is 4. The van der Waals surface area contributed by atoms with E-state index in [4.69, 9.17) is 10.8 Å². The van der Waals surface area contributed by atoms with Crippen molar-refractivity contribution < 1.29 is 19.8 Å². The molecule has 80 valence electrons. The van der Waals surface area contributed by atoms with Crippen LogP contribution < -0.4 is 5.73 Å². The number of carboxylic acid groups (broad SMARTS) is 1. The smallest absolute Gasteiger partial charge is 0.320 e. The minimum absolute atomic E-state index is 0.127. The first kappa shape index (κ1) is 11.2. The Balaban J connectivity index is 2.75. The van der Waals surface area contributed by atoms with E-state index < -0.39 is 12.0 Å². The standard InChI is InChI=1S/C10H11NO4/c11-8(10(14)15)4-6-1-2-9(13)7(3-6)5-12/h1-2,8,13H,3-4,11H2,(H,14,15)/t8-/m0/s1. The highest BCUT2D eigenvalue weighted by atomic mass is 16.4. The molecule has 0 aromatic heterocycles. The van der Waals surface area contributed by atoms with Crippen molar-refractivity contribution >= 4 is 11.9 Å². The second-order valence-electron chi connectivity index (χ2n) is 3.28. The van der Waals surface area contributed by atoms with Crippen LogP contribution in [0.1, 0.15) is 12.8 Å². The molecule has 15 heavy (non-hydrogen) atoms. The van der Waals surface area contributed by atoms with Crippen molar-refractivity contribution in [3.63, 3.8) is 0 Å². The third-order valence-electron chi connectivity index (χ3n) is 2.11. The fourth-order valence-electron chi connectivity index (χ4n) is 1.27. The monoisotopic (exact) mass is 209 g/mol. The number of carbonyl (C=O) groups is 1. The lowest BCUT2D eigenvalue weighted by Gasteiger charge is -2.13. The minimum Gasteiger partial charge on any atom is -0.507 e. The van der Waals surface area contributed by atoms with Crippen LogP contribution in [0.5, 0.6) is 0 Å². The highest BCUT2D eigenvalue weighted by Gasteiger charge is 2.18. The van der Waals surface area contributed by atoms with Crippen LogP contribution in [-0.2, 0) is 9.59 Å². The van der Waals surface area contributed by atoms with Crippen molar-refractivity contribution in [3.8, 4) is 0 Å². The molecule has 0 heterocycles. The van der Waals surface area contributed by atoms with E-state index >= 15 is 0 Å². The number of hydrogen-bond donors (Lipinski definition) is 3. The van der Waals surface area contributed by atoms with Crippen LogP contribution in [0, 0.1) is 0 Å². The molecule has 0 spiro atoms. The molecule has 0 fully saturated rings. The molecule has 0 saturated heterocycles. The van der Waals surface area contributed by atoms with Crippen LogP contribution in [0.2, 0.25) is 0 Å². The number of rotatable bonds is 3. The third-order valence-corrected chi connectivity index (χ3v) is 2.11. The molecule has 0 radical (unpaired) electrons. The van der Waals surface area contributed by atoms with Gasteiger partial charge in [0.25, 0.3) is 0 Å². The summed E-state index contributed by atoms with van der Waals surface area (Å²) < 4.78 is 0. The van der Waals surface area contributed by atoms with Gasteiger partial charge in [-0.15, -0.1) is 0 Å². The van der Waals surface area contributed by atoms with E-state index in [1.54, 1.807) is 12.0 Å². The van der Waals surface area contributed by atoms with Crippen LogP contribution in [-0.4, -0.2) is 28.2 Å². The summed E-state index contributed by atoms with van der Waals surface area (Å²) in [6, 6.07) is -0.988. The molecule has 1 aliphatic carbocycles. The zero-order chi connectivity index (χ0) is 11.4. The fourth-order valence-corrected chi connectivity index (χ4v) is 1.27. The molecule has 0 saturated carbocycles. The number of aliphatic hydroxyl groups is 1. The van der Waals surface area contributed by atoms with Gasteiger partial charge in [-0.1, -0.05) is 11.6 Å². The van der Waals surface area contributed by atoms with E-state index in [0.717, 1.165) is 0 Å². The predicted molar refractivity (Wildman–Crippen MR) is 52.8 cm³/mol. The molecule has 0 unspecified atom stereocenters. The average molecular weight is 209 g/mol. The van der Waals surface area contributed by atoms with E-state index in [1.165, 1.54) is 6.08 Å². The van der Waals surface area contributed by atoms with Crippen molar-refractivity contribution in [2.45, 2.75) is 18.9 Å². The van der Waals surface area contributed by atoms with Crippen LogP contribution in [0.3, 0.4) is 0 Å². The van der Waals surface area contributed by atoms with Crippen molar-refractivity contribution in [2.24, 2.45) is 5.73 Å². The molecule has 1 rings (SSSR count). The summed E-state index contributed by atoms with van der Waals surface area (Å²) in [5, 5.41) is 17.8. The van der Waals surface area contributed by atoms with E-state index in [1.807, 2.05) is 0 Å². The van der Waals surface area contributed by atoms with Gasteiger partial charge in [0.15, 0.2) is 0 Å². The van der Waals surface area contributed by atoms with Crippen LogP contribution >= 0.6 is 0 Å². The van der Waals surface area contributed by atoms with Gasteiger partial charge in [-0.3, -0.25) is 4.79 Å². The molecule has 4 N–H and O–H groups in total. The summed E-state index contributed by atoms with van der Waals surface area (Å²) in [6.45, 7) is 0. The summed E-state index contributed by atoms with van der Waals surface area (Å²) in [6.07, 6.45) is 3.27. The van der Waals surface area contributed by atoms with Gasteiger partial charge in [-0.25, -0.2) is 4.79 Å². The second kappa shape index (κ2) is 4.59. The topological polar surface area (TPSA) is 101 Å². The number of allylic oxidation sites excluding steroid dienone is 3. The SMILES string of the molecule is N[C@@H](CC1=CC=C(O)C(=C=O)C1)C(=O)O. The third kappa shape index (κ3) is 2.80. The van der Waals surface area contributed by atoms with E-state index in [-0.39, 0.29) is 24.2 Å². The molecule has 1 aliphatic rings. The number of carbonyl (C=O) groups excluding carboxylic acids is 1. The molecule has 1 atom stereocenters. The van der Waals surface area contributed by atoms with E-state index in [0.29, 0.717) is 5.57 Å². The maximum absolute atomic E-state index is 10.5.